The van der Waals surface area contributed by atoms with Crippen LogP contribution in [0.5, 0.6) is 0 Å². The highest BCUT2D eigenvalue weighted by Crippen LogP contribution is 2.19. The fourth-order valence-electron chi connectivity index (χ4n) is 1.22. The van der Waals surface area contributed by atoms with E-state index in [1.165, 1.54) is 11.3 Å². The minimum absolute atomic E-state index is 0.431. The molecule has 15 heavy (non-hydrogen) atoms. The molecular formula is C10H9ClN2OS. The largest absolute Gasteiger partial charge is 0.388 e. The predicted molar refractivity (Wildman–Crippen MR) is 60.0 cm³/mol. The molecule has 0 aliphatic carbocycles. The first-order chi connectivity index (χ1) is 7.25. The van der Waals surface area contributed by atoms with Crippen molar-refractivity contribution in [3.63, 3.8) is 0 Å². The normalized spacial score (nSPS) is 12.7. The van der Waals surface area contributed by atoms with Crippen LogP contribution in [0, 0.1) is 0 Å². The molecule has 5 heteroatoms. The Morgan fingerprint density at radius 3 is 2.87 bits per heavy atom. The van der Waals surface area contributed by atoms with Crippen molar-refractivity contribution in [2.24, 2.45) is 0 Å². The van der Waals surface area contributed by atoms with Crippen molar-refractivity contribution in [3.8, 4) is 0 Å². The lowest BCUT2D eigenvalue weighted by Gasteiger charge is -2.08. The molecule has 1 unspecified atom stereocenters. The van der Waals surface area contributed by atoms with Gasteiger partial charge >= 0.3 is 0 Å². The van der Waals surface area contributed by atoms with E-state index < -0.39 is 6.10 Å². The van der Waals surface area contributed by atoms with E-state index in [1.807, 2.05) is 5.38 Å². The van der Waals surface area contributed by atoms with Gasteiger partial charge in [-0.3, -0.25) is 0 Å². The van der Waals surface area contributed by atoms with Crippen molar-refractivity contribution in [1.29, 1.82) is 0 Å². The third kappa shape index (κ3) is 2.75. The Morgan fingerprint density at radius 1 is 1.40 bits per heavy atom. The van der Waals surface area contributed by atoms with E-state index in [1.54, 1.807) is 24.5 Å². The molecule has 0 aliphatic heterocycles. The van der Waals surface area contributed by atoms with Crippen molar-refractivity contribution in [3.05, 3.63) is 45.6 Å². The van der Waals surface area contributed by atoms with E-state index in [4.69, 9.17) is 11.6 Å². The van der Waals surface area contributed by atoms with Gasteiger partial charge in [0, 0.05) is 24.2 Å². The van der Waals surface area contributed by atoms with Crippen LogP contribution in [0.15, 0.2) is 29.9 Å². The maximum Gasteiger partial charge on any atom is 0.129 e. The summed E-state index contributed by atoms with van der Waals surface area (Å²) in [5.41, 5.74) is 0.759. The number of nitrogens with zero attached hydrogens (tertiary/aromatic N) is 2. The number of hydrogen-bond donors (Lipinski definition) is 1. The molecule has 1 atom stereocenters. The lowest BCUT2D eigenvalue weighted by Crippen LogP contribution is -2.01. The Labute approximate surface area is 96.4 Å². The fraction of sp³-hybridized carbons (Fsp3) is 0.200. The van der Waals surface area contributed by atoms with Crippen LogP contribution < -0.4 is 0 Å². The summed E-state index contributed by atoms with van der Waals surface area (Å²) < 4.78 is 0. The highest BCUT2D eigenvalue weighted by atomic mass is 35.5. The lowest BCUT2D eigenvalue weighted by atomic mass is 10.1. The quantitative estimate of drug-likeness (QED) is 0.839. The zero-order chi connectivity index (χ0) is 10.7. The number of aliphatic hydroxyl groups excluding tert-OH is 1. The van der Waals surface area contributed by atoms with Gasteiger partial charge in [-0.15, -0.1) is 11.3 Å². The first-order valence-electron chi connectivity index (χ1n) is 4.43. The highest BCUT2D eigenvalue weighted by Gasteiger charge is 2.10. The molecule has 0 aliphatic rings. The van der Waals surface area contributed by atoms with Crippen LogP contribution in [-0.4, -0.2) is 15.1 Å². The van der Waals surface area contributed by atoms with E-state index in [0.29, 0.717) is 11.6 Å². The summed E-state index contributed by atoms with van der Waals surface area (Å²) in [5, 5.41) is 13.1. The van der Waals surface area contributed by atoms with Gasteiger partial charge in [0.25, 0.3) is 0 Å². The summed E-state index contributed by atoms with van der Waals surface area (Å²) in [4.78, 5) is 8.03. The maximum absolute atomic E-state index is 9.87. The number of rotatable bonds is 3. The van der Waals surface area contributed by atoms with E-state index in [0.717, 1.165) is 10.6 Å². The van der Waals surface area contributed by atoms with E-state index in [2.05, 4.69) is 9.97 Å². The van der Waals surface area contributed by atoms with Gasteiger partial charge in [-0.05, 0) is 11.6 Å². The van der Waals surface area contributed by atoms with Gasteiger partial charge in [0.05, 0.1) is 11.1 Å². The van der Waals surface area contributed by atoms with E-state index in [-0.39, 0.29) is 0 Å². The molecule has 2 aromatic heterocycles. The minimum Gasteiger partial charge on any atom is -0.388 e. The smallest absolute Gasteiger partial charge is 0.129 e. The SMILES string of the molecule is OC(Cc1nccs1)c1ccc(Cl)nc1. The van der Waals surface area contributed by atoms with Gasteiger partial charge in [0.2, 0.25) is 0 Å². The molecule has 0 amide bonds. The summed E-state index contributed by atoms with van der Waals surface area (Å²) >= 11 is 7.19. The van der Waals surface area contributed by atoms with Crippen LogP contribution in [0.2, 0.25) is 5.15 Å². The van der Waals surface area contributed by atoms with Crippen LogP contribution >= 0.6 is 22.9 Å². The fourth-order valence-corrected chi connectivity index (χ4v) is 1.99. The second-order valence-corrected chi connectivity index (χ2v) is 4.43. The zero-order valence-electron chi connectivity index (χ0n) is 7.80. The Morgan fingerprint density at radius 2 is 2.27 bits per heavy atom. The number of aliphatic hydroxyl groups is 1. The van der Waals surface area contributed by atoms with Crippen molar-refractivity contribution in [1.82, 2.24) is 9.97 Å². The number of hydrogen-bond acceptors (Lipinski definition) is 4. The Bertz CT molecular complexity index is 415. The van der Waals surface area contributed by atoms with E-state index in [9.17, 15) is 5.11 Å². The average Bonchev–Trinajstić information content (AvgIpc) is 2.71. The second-order valence-electron chi connectivity index (χ2n) is 3.06. The molecule has 2 heterocycles. The second kappa shape index (κ2) is 4.70. The van der Waals surface area contributed by atoms with Crippen molar-refractivity contribution >= 4 is 22.9 Å². The third-order valence-corrected chi connectivity index (χ3v) is 3.01. The first-order valence-corrected chi connectivity index (χ1v) is 5.69. The summed E-state index contributed by atoms with van der Waals surface area (Å²) in [6.45, 7) is 0. The van der Waals surface area contributed by atoms with Crippen LogP contribution in [0.25, 0.3) is 0 Å². The van der Waals surface area contributed by atoms with Gasteiger partial charge in [0.15, 0.2) is 0 Å². The molecule has 0 spiro atoms. The Kier molecular flexibility index (Phi) is 3.30. The molecule has 78 valence electrons. The van der Waals surface area contributed by atoms with Crippen LogP contribution in [-0.2, 0) is 6.42 Å². The predicted octanol–water partition coefficient (Wildman–Crippen LogP) is 2.47. The standard InChI is InChI=1S/C10H9ClN2OS/c11-9-2-1-7(6-13-9)8(14)5-10-12-3-4-15-10/h1-4,6,8,14H,5H2. The molecule has 0 saturated heterocycles. The zero-order valence-corrected chi connectivity index (χ0v) is 9.37. The number of aromatic nitrogens is 2. The maximum atomic E-state index is 9.87. The molecule has 0 saturated carbocycles. The molecule has 0 aromatic carbocycles. The van der Waals surface area contributed by atoms with Crippen molar-refractivity contribution in [2.45, 2.75) is 12.5 Å². The third-order valence-electron chi connectivity index (χ3n) is 1.99. The molecule has 3 nitrogen and oxygen atoms in total. The monoisotopic (exact) mass is 240 g/mol. The molecular weight excluding hydrogens is 232 g/mol. The molecule has 1 N–H and O–H groups in total. The Hall–Kier alpha value is -0.970. The van der Waals surface area contributed by atoms with Crippen molar-refractivity contribution in [2.75, 3.05) is 0 Å². The Balaban J connectivity index is 2.08. The first kappa shape index (κ1) is 10.5. The molecule has 0 fully saturated rings. The van der Waals surface area contributed by atoms with Gasteiger partial charge in [0.1, 0.15) is 5.15 Å². The molecule has 0 bridgehead atoms. The van der Waals surface area contributed by atoms with Gasteiger partial charge in [-0.2, -0.15) is 0 Å². The highest BCUT2D eigenvalue weighted by molar-refractivity contribution is 7.09. The summed E-state index contributed by atoms with van der Waals surface area (Å²) in [6.07, 6.45) is 3.26. The van der Waals surface area contributed by atoms with E-state index >= 15 is 0 Å². The average molecular weight is 241 g/mol. The number of pyridine rings is 1. The van der Waals surface area contributed by atoms with Crippen LogP contribution in [0.1, 0.15) is 16.7 Å². The van der Waals surface area contributed by atoms with Crippen LogP contribution in [0.3, 0.4) is 0 Å². The minimum atomic E-state index is -0.569. The summed E-state index contributed by atoms with van der Waals surface area (Å²) in [5.74, 6) is 0. The van der Waals surface area contributed by atoms with Gasteiger partial charge in [-0.1, -0.05) is 17.7 Å². The topological polar surface area (TPSA) is 46.0 Å². The molecule has 0 radical (unpaired) electrons. The summed E-state index contributed by atoms with van der Waals surface area (Å²) in [7, 11) is 0. The lowest BCUT2D eigenvalue weighted by molar-refractivity contribution is 0.178. The van der Waals surface area contributed by atoms with Gasteiger partial charge < -0.3 is 5.11 Å². The number of halogens is 1. The number of thiazole rings is 1. The summed E-state index contributed by atoms with van der Waals surface area (Å²) in [6, 6.07) is 3.44. The van der Waals surface area contributed by atoms with Crippen molar-refractivity contribution < 1.29 is 5.11 Å². The van der Waals surface area contributed by atoms with Gasteiger partial charge in [-0.25, -0.2) is 9.97 Å². The van der Waals surface area contributed by atoms with Crippen LogP contribution in [0.4, 0.5) is 0 Å². The molecule has 2 rings (SSSR count). The molecule has 2 aromatic rings.